The Morgan fingerprint density at radius 2 is 1.63 bits per heavy atom. The lowest BCUT2D eigenvalue weighted by atomic mass is 9.44. The molecule has 0 aromatic heterocycles. The molecule has 4 aliphatic carbocycles. The van der Waals surface area contributed by atoms with E-state index in [1.54, 1.807) is 5.57 Å². The summed E-state index contributed by atoms with van der Waals surface area (Å²) in [6.45, 7) is 14.9. The molecule has 1 N–H and O–H groups in total. The first-order valence-corrected chi connectivity index (χ1v) is 13.5. The summed E-state index contributed by atoms with van der Waals surface area (Å²) in [6, 6.07) is 0. The van der Waals surface area contributed by atoms with Crippen molar-refractivity contribution >= 4 is 0 Å². The third-order valence-corrected chi connectivity index (χ3v) is 11.4. The largest absolute Gasteiger partial charge is 0.393 e. The number of allylic oxidation sites excluding steroid dienone is 2. The fourth-order valence-electron chi connectivity index (χ4n) is 9.57. The molecule has 0 saturated heterocycles. The van der Waals surface area contributed by atoms with Crippen LogP contribution in [0.1, 0.15) is 112 Å². The van der Waals surface area contributed by atoms with Gasteiger partial charge in [0.2, 0.25) is 0 Å². The molecule has 30 heavy (non-hydrogen) atoms. The predicted molar refractivity (Wildman–Crippen MR) is 128 cm³/mol. The van der Waals surface area contributed by atoms with Crippen LogP contribution in [0.3, 0.4) is 0 Å². The van der Waals surface area contributed by atoms with E-state index in [4.69, 9.17) is 0 Å². The Kier molecular flexibility index (Phi) is 6.53. The summed E-state index contributed by atoms with van der Waals surface area (Å²) < 4.78 is 0. The second kappa shape index (κ2) is 8.57. The summed E-state index contributed by atoms with van der Waals surface area (Å²) >= 11 is 0. The number of hydrogen-bond donors (Lipinski definition) is 1. The van der Waals surface area contributed by atoms with Gasteiger partial charge in [0.15, 0.2) is 0 Å². The summed E-state index contributed by atoms with van der Waals surface area (Å²) in [5.74, 6) is 6.17. The molecule has 1 nitrogen and oxygen atoms in total. The van der Waals surface area contributed by atoms with Crippen LogP contribution in [0, 0.1) is 52.3 Å². The quantitative estimate of drug-likeness (QED) is 0.451. The van der Waals surface area contributed by atoms with Crippen molar-refractivity contribution in [2.24, 2.45) is 52.3 Å². The molecule has 0 aromatic rings. The van der Waals surface area contributed by atoms with Crippen LogP contribution in [0.4, 0.5) is 0 Å². The van der Waals surface area contributed by atoms with E-state index < -0.39 is 0 Å². The van der Waals surface area contributed by atoms with Crippen molar-refractivity contribution in [3.63, 3.8) is 0 Å². The molecule has 0 amide bonds. The summed E-state index contributed by atoms with van der Waals surface area (Å²) in [5.41, 5.74) is 2.77. The highest BCUT2D eigenvalue weighted by Gasteiger charge is 2.60. The normalized spacial score (nSPS) is 47.5. The highest BCUT2D eigenvalue weighted by atomic mass is 16.3. The fraction of sp³-hybridized carbons (Fsp3) is 0.931. The highest BCUT2D eigenvalue weighted by molar-refractivity contribution is 5.10. The third-order valence-electron chi connectivity index (χ3n) is 11.4. The van der Waals surface area contributed by atoms with Crippen molar-refractivity contribution < 1.29 is 5.11 Å². The first-order valence-electron chi connectivity index (χ1n) is 13.5. The van der Waals surface area contributed by atoms with Crippen LogP contribution < -0.4 is 0 Å². The van der Waals surface area contributed by atoms with Crippen molar-refractivity contribution in [3.05, 3.63) is 11.6 Å². The van der Waals surface area contributed by atoms with E-state index in [0.29, 0.717) is 16.7 Å². The minimum atomic E-state index is -0.0157. The Morgan fingerprint density at radius 1 is 0.933 bits per heavy atom. The molecule has 0 aromatic carbocycles. The minimum Gasteiger partial charge on any atom is -0.393 e. The van der Waals surface area contributed by atoms with Crippen LogP contribution in [0.5, 0.6) is 0 Å². The van der Waals surface area contributed by atoms with Gasteiger partial charge in [-0.25, -0.2) is 0 Å². The summed E-state index contributed by atoms with van der Waals surface area (Å²) in [6.07, 6.45) is 17.2. The van der Waals surface area contributed by atoms with Crippen molar-refractivity contribution in [1.82, 2.24) is 0 Å². The Morgan fingerprint density at radius 3 is 2.33 bits per heavy atom. The first kappa shape index (κ1) is 22.9. The van der Waals surface area contributed by atoms with Crippen molar-refractivity contribution in [3.8, 4) is 0 Å². The van der Waals surface area contributed by atoms with Gasteiger partial charge in [0, 0.05) is 0 Å². The first-order chi connectivity index (χ1) is 14.2. The zero-order valence-electron chi connectivity index (χ0n) is 20.9. The van der Waals surface area contributed by atoms with Gasteiger partial charge in [-0.15, -0.1) is 0 Å². The SMILES string of the molecule is C/C=C(/CCC(C)C1CCC2C3CCC4CC(O)CCC4(C)C3CCC12C)C(C)C. The van der Waals surface area contributed by atoms with Gasteiger partial charge >= 0.3 is 0 Å². The zero-order valence-corrected chi connectivity index (χ0v) is 20.9. The van der Waals surface area contributed by atoms with Gasteiger partial charge in [-0.3, -0.25) is 0 Å². The third kappa shape index (κ3) is 3.74. The molecular formula is C29H50O. The summed E-state index contributed by atoms with van der Waals surface area (Å²) in [7, 11) is 0. The molecule has 172 valence electrons. The Balaban J connectivity index is 1.46. The molecular weight excluding hydrogens is 364 g/mol. The average Bonchev–Trinajstić information content (AvgIpc) is 3.06. The lowest BCUT2D eigenvalue weighted by Crippen LogP contribution is -2.54. The van der Waals surface area contributed by atoms with E-state index in [0.717, 1.165) is 48.3 Å². The minimum absolute atomic E-state index is 0.0157. The lowest BCUT2D eigenvalue weighted by molar-refractivity contribution is -0.129. The van der Waals surface area contributed by atoms with Gasteiger partial charge in [0.25, 0.3) is 0 Å². The molecule has 9 unspecified atom stereocenters. The van der Waals surface area contributed by atoms with Gasteiger partial charge in [-0.2, -0.15) is 0 Å². The van der Waals surface area contributed by atoms with Crippen LogP contribution in [0.2, 0.25) is 0 Å². The molecule has 1 heteroatoms. The van der Waals surface area contributed by atoms with Crippen LogP contribution in [-0.2, 0) is 0 Å². The monoisotopic (exact) mass is 414 g/mol. The molecule has 4 rings (SSSR count). The van der Waals surface area contributed by atoms with E-state index in [-0.39, 0.29) is 6.10 Å². The number of aliphatic hydroxyl groups is 1. The molecule has 0 spiro atoms. The van der Waals surface area contributed by atoms with Crippen molar-refractivity contribution in [1.29, 1.82) is 0 Å². The Hall–Kier alpha value is -0.300. The Bertz CT molecular complexity index is 634. The number of rotatable bonds is 5. The van der Waals surface area contributed by atoms with Crippen molar-refractivity contribution in [2.75, 3.05) is 0 Å². The van der Waals surface area contributed by atoms with Crippen molar-refractivity contribution in [2.45, 2.75) is 118 Å². The smallest absolute Gasteiger partial charge is 0.0543 e. The van der Waals surface area contributed by atoms with Gasteiger partial charge < -0.3 is 5.11 Å². The van der Waals surface area contributed by atoms with Crippen LogP contribution in [0.25, 0.3) is 0 Å². The van der Waals surface area contributed by atoms with Crippen LogP contribution in [-0.4, -0.2) is 11.2 Å². The predicted octanol–water partition coefficient (Wildman–Crippen LogP) is 8.02. The van der Waals surface area contributed by atoms with Gasteiger partial charge in [0.05, 0.1) is 6.10 Å². The molecule has 0 radical (unpaired) electrons. The van der Waals surface area contributed by atoms with E-state index in [1.807, 2.05) is 0 Å². The standard InChI is InChI=1S/C29H50O/c1-7-21(19(2)3)9-8-20(4)25-12-13-26-24-11-10-22-18-23(30)14-16-28(22,5)27(24)15-17-29(25,26)6/h7,19-20,22-27,30H,8-18H2,1-6H3/b21-7-. The van der Waals surface area contributed by atoms with Gasteiger partial charge in [-0.1, -0.05) is 46.3 Å². The van der Waals surface area contributed by atoms with E-state index >= 15 is 0 Å². The van der Waals surface area contributed by atoms with Crippen LogP contribution >= 0.6 is 0 Å². The molecule has 0 aliphatic heterocycles. The lowest BCUT2D eigenvalue weighted by Gasteiger charge is -2.61. The second-order valence-corrected chi connectivity index (χ2v) is 12.8. The van der Waals surface area contributed by atoms with Gasteiger partial charge in [-0.05, 0) is 130 Å². The highest BCUT2D eigenvalue weighted by Crippen LogP contribution is 2.68. The van der Waals surface area contributed by atoms with E-state index in [2.05, 4.69) is 47.6 Å². The van der Waals surface area contributed by atoms with E-state index in [9.17, 15) is 5.11 Å². The molecule has 9 atom stereocenters. The maximum Gasteiger partial charge on any atom is 0.0543 e. The topological polar surface area (TPSA) is 20.2 Å². The maximum atomic E-state index is 10.3. The molecule has 0 heterocycles. The number of aliphatic hydroxyl groups excluding tert-OH is 1. The fourth-order valence-corrected chi connectivity index (χ4v) is 9.57. The Labute approximate surface area is 187 Å². The molecule has 4 saturated carbocycles. The molecule has 4 fully saturated rings. The maximum absolute atomic E-state index is 10.3. The van der Waals surface area contributed by atoms with Gasteiger partial charge in [0.1, 0.15) is 0 Å². The van der Waals surface area contributed by atoms with E-state index in [1.165, 1.54) is 57.8 Å². The summed E-state index contributed by atoms with van der Waals surface area (Å²) in [4.78, 5) is 0. The second-order valence-electron chi connectivity index (χ2n) is 12.8. The average molecular weight is 415 g/mol. The summed E-state index contributed by atoms with van der Waals surface area (Å²) in [5, 5.41) is 10.3. The number of hydrogen-bond acceptors (Lipinski definition) is 1. The molecule has 0 bridgehead atoms. The molecule has 4 aliphatic rings. The number of fused-ring (bicyclic) bond motifs is 5. The zero-order chi connectivity index (χ0) is 21.7. The van der Waals surface area contributed by atoms with Crippen LogP contribution in [0.15, 0.2) is 11.6 Å².